The number of rotatable bonds is 2. The fourth-order valence-electron chi connectivity index (χ4n) is 2.03. The monoisotopic (exact) mass is 268 g/mol. The van der Waals surface area contributed by atoms with Crippen LogP contribution >= 0.6 is 0 Å². The lowest BCUT2D eigenvalue weighted by molar-refractivity contribution is 0.266. The average molecular weight is 268 g/mol. The molecule has 1 aromatic heterocycles. The highest BCUT2D eigenvalue weighted by atomic mass is 16.5. The summed E-state index contributed by atoms with van der Waals surface area (Å²) < 4.78 is 5.05. The average Bonchev–Trinajstić information content (AvgIpc) is 2.58. The molecule has 0 saturated heterocycles. The molecule has 0 aliphatic heterocycles. The standard InChI is InChI=1S/C10H8N2.C7H12O/c1-2-5-9(6-3-1)10-11-7-4-8-12-10;1-8-7-5-3-2-4-6-7/h1-8H;5H,2-4,6H2,1H3. The molecule has 3 nitrogen and oxygen atoms in total. The van der Waals surface area contributed by atoms with E-state index in [9.17, 15) is 0 Å². The number of allylic oxidation sites excluding steroid dienone is 2. The minimum atomic E-state index is 0.776. The second kappa shape index (κ2) is 8.10. The van der Waals surface area contributed by atoms with Gasteiger partial charge in [0.2, 0.25) is 0 Å². The van der Waals surface area contributed by atoms with Crippen molar-refractivity contribution in [1.29, 1.82) is 0 Å². The maximum Gasteiger partial charge on any atom is 0.159 e. The zero-order chi connectivity index (χ0) is 14.0. The maximum absolute atomic E-state index is 5.05. The van der Waals surface area contributed by atoms with Crippen LogP contribution in [0.1, 0.15) is 25.7 Å². The number of hydrogen-bond donors (Lipinski definition) is 0. The second-order valence-corrected chi connectivity index (χ2v) is 4.56. The number of benzene rings is 1. The van der Waals surface area contributed by atoms with Crippen LogP contribution in [0.25, 0.3) is 11.4 Å². The Bertz CT molecular complexity index is 486. The topological polar surface area (TPSA) is 35.0 Å². The zero-order valence-electron chi connectivity index (χ0n) is 11.8. The molecule has 0 amide bonds. The SMILES string of the molecule is COC1=CCCCC1.c1ccc(-c2ncccn2)cc1. The highest BCUT2D eigenvalue weighted by Gasteiger charge is 2.00. The quantitative estimate of drug-likeness (QED) is 0.817. The van der Waals surface area contributed by atoms with E-state index in [0.29, 0.717) is 0 Å². The predicted molar refractivity (Wildman–Crippen MR) is 81.0 cm³/mol. The molecule has 1 aromatic carbocycles. The highest BCUT2D eigenvalue weighted by Crippen LogP contribution is 2.16. The molecule has 0 bridgehead atoms. The van der Waals surface area contributed by atoms with Crippen LogP contribution in [0, 0.1) is 0 Å². The van der Waals surface area contributed by atoms with E-state index in [-0.39, 0.29) is 0 Å². The summed E-state index contributed by atoms with van der Waals surface area (Å²) in [5.41, 5.74) is 1.05. The van der Waals surface area contributed by atoms with Crippen molar-refractivity contribution in [2.24, 2.45) is 0 Å². The molecule has 1 aliphatic carbocycles. The molecule has 0 spiro atoms. The lowest BCUT2D eigenvalue weighted by Crippen LogP contribution is -1.92. The normalized spacial score (nSPS) is 13.8. The highest BCUT2D eigenvalue weighted by molar-refractivity contribution is 5.53. The predicted octanol–water partition coefficient (Wildman–Crippen LogP) is 4.23. The Balaban J connectivity index is 0.000000160. The Labute approximate surface area is 120 Å². The van der Waals surface area contributed by atoms with Crippen molar-refractivity contribution in [2.45, 2.75) is 25.7 Å². The van der Waals surface area contributed by atoms with Gasteiger partial charge in [-0.3, -0.25) is 0 Å². The largest absolute Gasteiger partial charge is 0.501 e. The van der Waals surface area contributed by atoms with Crippen molar-refractivity contribution in [3.05, 3.63) is 60.6 Å². The first-order valence-electron chi connectivity index (χ1n) is 6.95. The molecule has 0 radical (unpaired) electrons. The van der Waals surface area contributed by atoms with Gasteiger partial charge >= 0.3 is 0 Å². The number of hydrogen-bond acceptors (Lipinski definition) is 3. The first-order valence-corrected chi connectivity index (χ1v) is 6.95. The number of ether oxygens (including phenoxy) is 1. The van der Waals surface area contributed by atoms with Gasteiger partial charge in [0.1, 0.15) is 0 Å². The van der Waals surface area contributed by atoms with E-state index in [1.54, 1.807) is 19.5 Å². The summed E-state index contributed by atoms with van der Waals surface area (Å²) in [7, 11) is 1.75. The minimum absolute atomic E-state index is 0.776. The van der Waals surface area contributed by atoms with Crippen LogP contribution in [-0.2, 0) is 4.74 Å². The van der Waals surface area contributed by atoms with Crippen molar-refractivity contribution in [2.75, 3.05) is 7.11 Å². The summed E-state index contributed by atoms with van der Waals surface area (Å²) in [5.74, 6) is 1.95. The second-order valence-electron chi connectivity index (χ2n) is 4.56. The fourth-order valence-corrected chi connectivity index (χ4v) is 2.03. The van der Waals surface area contributed by atoms with Gasteiger partial charge in [-0.1, -0.05) is 30.3 Å². The van der Waals surface area contributed by atoms with E-state index < -0.39 is 0 Å². The van der Waals surface area contributed by atoms with Crippen molar-refractivity contribution >= 4 is 0 Å². The van der Waals surface area contributed by atoms with Gasteiger partial charge in [0.25, 0.3) is 0 Å². The van der Waals surface area contributed by atoms with Crippen LogP contribution in [0.3, 0.4) is 0 Å². The van der Waals surface area contributed by atoms with Crippen LogP contribution in [-0.4, -0.2) is 17.1 Å². The molecule has 0 unspecified atom stereocenters. The molecule has 0 atom stereocenters. The Morgan fingerprint density at radius 3 is 2.25 bits per heavy atom. The molecule has 20 heavy (non-hydrogen) atoms. The summed E-state index contributed by atoms with van der Waals surface area (Å²) in [6.07, 6.45) is 10.7. The summed E-state index contributed by atoms with van der Waals surface area (Å²) >= 11 is 0. The van der Waals surface area contributed by atoms with Gasteiger partial charge in [-0.15, -0.1) is 0 Å². The summed E-state index contributed by atoms with van der Waals surface area (Å²) in [4.78, 5) is 8.28. The van der Waals surface area contributed by atoms with Crippen LogP contribution < -0.4 is 0 Å². The maximum atomic E-state index is 5.05. The Morgan fingerprint density at radius 1 is 0.950 bits per heavy atom. The number of methoxy groups -OCH3 is 1. The Kier molecular flexibility index (Phi) is 5.77. The smallest absolute Gasteiger partial charge is 0.159 e. The van der Waals surface area contributed by atoms with Crippen LogP contribution in [0.2, 0.25) is 0 Å². The summed E-state index contributed by atoms with van der Waals surface area (Å²) in [6.45, 7) is 0. The number of aromatic nitrogens is 2. The van der Waals surface area contributed by atoms with Crippen molar-refractivity contribution in [3.8, 4) is 11.4 Å². The molecular weight excluding hydrogens is 248 g/mol. The van der Waals surface area contributed by atoms with Gasteiger partial charge in [-0.25, -0.2) is 9.97 Å². The lowest BCUT2D eigenvalue weighted by Gasteiger charge is -2.09. The third kappa shape index (κ3) is 4.50. The molecule has 0 N–H and O–H groups in total. The van der Waals surface area contributed by atoms with Crippen molar-refractivity contribution in [3.63, 3.8) is 0 Å². The van der Waals surface area contributed by atoms with E-state index in [4.69, 9.17) is 4.74 Å². The Hall–Kier alpha value is -2.16. The molecular formula is C17H20N2O. The van der Waals surface area contributed by atoms with E-state index in [1.807, 2.05) is 36.4 Å². The molecule has 3 rings (SSSR count). The Morgan fingerprint density at radius 2 is 1.70 bits per heavy atom. The van der Waals surface area contributed by atoms with Crippen molar-refractivity contribution in [1.82, 2.24) is 9.97 Å². The number of nitrogens with zero attached hydrogens (tertiary/aromatic N) is 2. The van der Waals surface area contributed by atoms with E-state index >= 15 is 0 Å². The van der Waals surface area contributed by atoms with Crippen LogP contribution in [0.4, 0.5) is 0 Å². The first kappa shape index (κ1) is 14.3. The van der Waals surface area contributed by atoms with E-state index in [2.05, 4.69) is 16.0 Å². The molecule has 104 valence electrons. The lowest BCUT2D eigenvalue weighted by atomic mass is 10.1. The minimum Gasteiger partial charge on any atom is -0.501 e. The summed E-state index contributed by atoms with van der Waals surface area (Å²) in [6, 6.07) is 11.7. The van der Waals surface area contributed by atoms with Gasteiger partial charge in [0.15, 0.2) is 5.82 Å². The van der Waals surface area contributed by atoms with Gasteiger partial charge in [-0.05, 0) is 31.4 Å². The molecule has 0 saturated carbocycles. The van der Waals surface area contributed by atoms with Gasteiger partial charge in [0, 0.05) is 24.4 Å². The molecule has 0 fully saturated rings. The molecule has 2 aromatic rings. The molecule has 1 heterocycles. The van der Waals surface area contributed by atoms with Crippen LogP contribution in [0.15, 0.2) is 60.6 Å². The molecule has 3 heteroatoms. The van der Waals surface area contributed by atoms with Gasteiger partial charge < -0.3 is 4.74 Å². The first-order chi connectivity index (χ1) is 9.90. The zero-order valence-corrected chi connectivity index (χ0v) is 11.8. The third-order valence-electron chi connectivity index (χ3n) is 3.11. The third-order valence-corrected chi connectivity index (χ3v) is 3.11. The van der Waals surface area contributed by atoms with Gasteiger partial charge in [-0.2, -0.15) is 0 Å². The molecule has 1 aliphatic rings. The van der Waals surface area contributed by atoms with Crippen LogP contribution in [0.5, 0.6) is 0 Å². The van der Waals surface area contributed by atoms with E-state index in [0.717, 1.165) is 17.8 Å². The van der Waals surface area contributed by atoms with Crippen molar-refractivity contribution < 1.29 is 4.74 Å². The fraction of sp³-hybridized carbons (Fsp3) is 0.294. The van der Waals surface area contributed by atoms with Gasteiger partial charge in [0.05, 0.1) is 12.9 Å². The van der Waals surface area contributed by atoms with E-state index in [1.165, 1.54) is 25.0 Å². The summed E-state index contributed by atoms with van der Waals surface area (Å²) in [5, 5.41) is 0.